The van der Waals surface area contributed by atoms with Gasteiger partial charge in [0.2, 0.25) is 5.91 Å². The molecule has 0 N–H and O–H groups in total. The number of nitrogens with zero attached hydrogens (tertiary/aromatic N) is 1. The van der Waals surface area contributed by atoms with Crippen molar-refractivity contribution >= 4 is 23.2 Å². The summed E-state index contributed by atoms with van der Waals surface area (Å²) in [5, 5.41) is 1.95. The monoisotopic (exact) mass is 423 g/mol. The van der Waals surface area contributed by atoms with Crippen molar-refractivity contribution in [2.24, 2.45) is 0 Å². The zero-order valence-corrected chi connectivity index (χ0v) is 19.4. The Kier molecular flexibility index (Phi) is 15.5. The van der Waals surface area contributed by atoms with Crippen LogP contribution >= 0.6 is 11.3 Å². The van der Waals surface area contributed by atoms with E-state index in [9.17, 15) is 9.59 Å². The molecule has 0 saturated heterocycles. The third-order valence-corrected chi connectivity index (χ3v) is 6.08. The highest BCUT2D eigenvalue weighted by Gasteiger charge is 2.14. The highest BCUT2D eigenvalue weighted by atomic mass is 32.1. The SMILES string of the molecule is CCCCCCCCCCCCCCCOC(=O)CN(C)C(=O)Cc1cccs1. The molecular formula is C24H41NO3S. The molecule has 0 saturated carbocycles. The molecule has 0 aliphatic carbocycles. The minimum absolute atomic E-state index is 0.0304. The standard InChI is InChI=1S/C24H41NO3S/c1-3-4-5-6-7-8-9-10-11-12-13-14-15-18-28-24(27)21-25(2)23(26)20-22-17-16-19-29-22/h16-17,19H,3-15,18,20-21H2,1-2H3. The van der Waals surface area contributed by atoms with Gasteiger partial charge >= 0.3 is 5.97 Å². The fourth-order valence-corrected chi connectivity index (χ4v) is 4.03. The van der Waals surface area contributed by atoms with Gasteiger partial charge in [0.25, 0.3) is 0 Å². The quantitative estimate of drug-likeness (QED) is 0.203. The van der Waals surface area contributed by atoms with Crippen molar-refractivity contribution in [2.45, 2.75) is 96.8 Å². The first-order valence-electron chi connectivity index (χ1n) is 11.6. The van der Waals surface area contributed by atoms with Crippen molar-refractivity contribution in [3.63, 3.8) is 0 Å². The largest absolute Gasteiger partial charge is 0.464 e. The van der Waals surface area contributed by atoms with Crippen molar-refractivity contribution in [3.8, 4) is 0 Å². The predicted molar refractivity (Wildman–Crippen MR) is 122 cm³/mol. The molecule has 5 heteroatoms. The van der Waals surface area contributed by atoms with E-state index in [1.165, 1.54) is 75.5 Å². The molecule has 1 heterocycles. The maximum atomic E-state index is 12.1. The number of carbonyl (C=O) groups excluding carboxylic acids is 2. The number of hydrogen-bond donors (Lipinski definition) is 0. The summed E-state index contributed by atoms with van der Waals surface area (Å²) < 4.78 is 5.27. The summed E-state index contributed by atoms with van der Waals surface area (Å²) in [4.78, 5) is 26.4. The van der Waals surface area contributed by atoms with E-state index in [2.05, 4.69) is 6.92 Å². The van der Waals surface area contributed by atoms with Crippen LogP contribution in [-0.4, -0.2) is 37.0 Å². The van der Waals surface area contributed by atoms with Crippen LogP contribution in [-0.2, 0) is 20.7 Å². The molecular weight excluding hydrogens is 382 g/mol. The molecule has 4 nitrogen and oxygen atoms in total. The van der Waals surface area contributed by atoms with Crippen LogP contribution in [0, 0.1) is 0 Å². The Balaban J connectivity index is 1.88. The molecule has 0 spiro atoms. The Labute approximate surface area is 182 Å². The normalized spacial score (nSPS) is 10.8. The van der Waals surface area contributed by atoms with Crippen LogP contribution in [0.1, 0.15) is 95.3 Å². The average molecular weight is 424 g/mol. The molecule has 0 aliphatic heterocycles. The van der Waals surface area contributed by atoms with Crippen molar-refractivity contribution in [2.75, 3.05) is 20.2 Å². The smallest absolute Gasteiger partial charge is 0.325 e. The average Bonchev–Trinajstić information content (AvgIpc) is 3.21. The summed E-state index contributed by atoms with van der Waals surface area (Å²) in [6.45, 7) is 2.76. The van der Waals surface area contributed by atoms with E-state index in [1.54, 1.807) is 18.4 Å². The zero-order valence-electron chi connectivity index (χ0n) is 18.6. The maximum Gasteiger partial charge on any atom is 0.325 e. The van der Waals surface area contributed by atoms with Gasteiger partial charge in [0.1, 0.15) is 6.54 Å². The summed E-state index contributed by atoms with van der Waals surface area (Å²) in [6.07, 6.45) is 17.2. The number of esters is 1. The van der Waals surface area contributed by atoms with E-state index in [0.29, 0.717) is 13.0 Å². The van der Waals surface area contributed by atoms with Crippen molar-refractivity contribution < 1.29 is 14.3 Å². The van der Waals surface area contributed by atoms with E-state index in [4.69, 9.17) is 4.74 Å². The summed E-state index contributed by atoms with van der Waals surface area (Å²) in [5.74, 6) is -0.365. The summed E-state index contributed by atoms with van der Waals surface area (Å²) in [6, 6.07) is 3.86. The Morgan fingerprint density at radius 1 is 0.897 bits per heavy atom. The summed E-state index contributed by atoms with van der Waals surface area (Å²) >= 11 is 1.56. The van der Waals surface area contributed by atoms with E-state index in [-0.39, 0.29) is 18.4 Å². The fourth-order valence-electron chi connectivity index (χ4n) is 3.33. The van der Waals surface area contributed by atoms with Gasteiger partial charge in [-0.2, -0.15) is 0 Å². The van der Waals surface area contributed by atoms with Gasteiger partial charge in [-0.3, -0.25) is 9.59 Å². The molecule has 29 heavy (non-hydrogen) atoms. The Morgan fingerprint density at radius 3 is 1.97 bits per heavy atom. The molecule has 0 aliphatic rings. The number of unbranched alkanes of at least 4 members (excludes halogenated alkanes) is 12. The molecule has 1 aromatic heterocycles. The van der Waals surface area contributed by atoms with Gasteiger partial charge in [0, 0.05) is 11.9 Å². The van der Waals surface area contributed by atoms with Gasteiger partial charge in [0.15, 0.2) is 0 Å². The predicted octanol–water partition coefficient (Wildman–Crippen LogP) is 6.38. The Bertz CT molecular complexity index is 530. The second-order valence-corrected chi connectivity index (χ2v) is 9.00. The second kappa shape index (κ2) is 17.5. The lowest BCUT2D eigenvalue weighted by Crippen LogP contribution is -2.34. The topological polar surface area (TPSA) is 46.6 Å². The number of likely N-dealkylation sites (N-methyl/N-ethyl adjacent to an activating group) is 1. The minimum atomic E-state index is -0.314. The number of ether oxygens (including phenoxy) is 1. The van der Waals surface area contributed by atoms with Crippen LogP contribution in [0.25, 0.3) is 0 Å². The zero-order chi connectivity index (χ0) is 21.2. The van der Waals surface area contributed by atoms with Crippen molar-refractivity contribution in [1.29, 1.82) is 0 Å². The lowest BCUT2D eigenvalue weighted by atomic mass is 10.0. The second-order valence-electron chi connectivity index (χ2n) is 7.97. The van der Waals surface area contributed by atoms with Gasteiger partial charge in [-0.25, -0.2) is 0 Å². The maximum absolute atomic E-state index is 12.1. The van der Waals surface area contributed by atoms with Crippen LogP contribution in [0.2, 0.25) is 0 Å². The molecule has 0 atom stereocenters. The summed E-state index contributed by atoms with van der Waals surface area (Å²) in [7, 11) is 1.66. The van der Waals surface area contributed by atoms with Gasteiger partial charge in [-0.1, -0.05) is 90.0 Å². The molecule has 0 bridgehead atoms. The van der Waals surface area contributed by atoms with Crippen molar-refractivity contribution in [3.05, 3.63) is 22.4 Å². The van der Waals surface area contributed by atoms with E-state index < -0.39 is 0 Å². The minimum Gasteiger partial charge on any atom is -0.464 e. The molecule has 0 aromatic carbocycles. The highest BCUT2D eigenvalue weighted by molar-refractivity contribution is 7.10. The van der Waals surface area contributed by atoms with Crippen molar-refractivity contribution in [1.82, 2.24) is 4.90 Å². The number of amides is 1. The highest BCUT2D eigenvalue weighted by Crippen LogP contribution is 2.13. The van der Waals surface area contributed by atoms with Crippen LogP contribution in [0.3, 0.4) is 0 Å². The Morgan fingerprint density at radius 2 is 1.45 bits per heavy atom. The van der Waals surface area contributed by atoms with E-state index >= 15 is 0 Å². The molecule has 0 radical (unpaired) electrons. The van der Waals surface area contributed by atoms with Crippen LogP contribution in [0.5, 0.6) is 0 Å². The van der Waals surface area contributed by atoms with E-state index in [0.717, 1.165) is 17.7 Å². The molecule has 1 amide bonds. The van der Waals surface area contributed by atoms with E-state index in [1.807, 2.05) is 17.5 Å². The third-order valence-electron chi connectivity index (χ3n) is 5.21. The van der Waals surface area contributed by atoms with Gasteiger partial charge in [0.05, 0.1) is 13.0 Å². The Hall–Kier alpha value is -1.36. The molecule has 0 fully saturated rings. The number of thiophene rings is 1. The molecule has 166 valence electrons. The lowest BCUT2D eigenvalue weighted by molar-refractivity contribution is -0.148. The third kappa shape index (κ3) is 14.3. The molecule has 0 unspecified atom stereocenters. The lowest BCUT2D eigenvalue weighted by Gasteiger charge is -2.15. The first-order valence-corrected chi connectivity index (χ1v) is 12.4. The van der Waals surface area contributed by atoms with Crippen LogP contribution in [0.15, 0.2) is 17.5 Å². The fraction of sp³-hybridized carbons (Fsp3) is 0.750. The number of hydrogen-bond acceptors (Lipinski definition) is 4. The molecule has 1 aromatic rings. The van der Waals surface area contributed by atoms with Gasteiger partial charge < -0.3 is 9.64 Å². The van der Waals surface area contributed by atoms with Gasteiger partial charge in [-0.15, -0.1) is 11.3 Å². The first-order chi connectivity index (χ1) is 14.1. The summed E-state index contributed by atoms with van der Waals surface area (Å²) in [5.41, 5.74) is 0. The molecule has 1 rings (SSSR count). The van der Waals surface area contributed by atoms with Crippen LogP contribution < -0.4 is 0 Å². The number of carbonyl (C=O) groups is 2. The van der Waals surface area contributed by atoms with Crippen LogP contribution in [0.4, 0.5) is 0 Å². The van der Waals surface area contributed by atoms with Gasteiger partial charge in [-0.05, 0) is 17.9 Å². The first kappa shape index (κ1) is 25.7. The number of rotatable bonds is 18.